The highest BCUT2D eigenvalue weighted by Crippen LogP contribution is 2.38. The van der Waals surface area contributed by atoms with Gasteiger partial charge in [-0.1, -0.05) is 12.4 Å². The van der Waals surface area contributed by atoms with E-state index in [1.165, 1.54) is 32.9 Å². The van der Waals surface area contributed by atoms with Gasteiger partial charge in [-0.3, -0.25) is 0 Å². The summed E-state index contributed by atoms with van der Waals surface area (Å²) in [5.41, 5.74) is 4.66. The van der Waals surface area contributed by atoms with E-state index < -0.39 is 7.92 Å². The van der Waals surface area contributed by atoms with Gasteiger partial charge < -0.3 is 9.47 Å². The van der Waals surface area contributed by atoms with Crippen molar-refractivity contribution in [2.45, 2.75) is 27.7 Å². The van der Waals surface area contributed by atoms with Crippen LogP contribution in [0.25, 0.3) is 0 Å². The van der Waals surface area contributed by atoms with Crippen molar-refractivity contribution < 1.29 is 9.47 Å². The molecular weight excluding hydrogens is 327 g/mol. The summed E-state index contributed by atoms with van der Waals surface area (Å²) in [6, 6.07) is 8.87. The number of hydrogen-bond acceptors (Lipinski definition) is 2. The summed E-state index contributed by atoms with van der Waals surface area (Å²) in [6.07, 6.45) is 0. The molecule has 0 saturated heterocycles. The van der Waals surface area contributed by atoms with Crippen LogP contribution >= 0.6 is 7.92 Å². The normalized spacial score (nSPS) is 10.0. The van der Waals surface area contributed by atoms with Gasteiger partial charge in [-0.25, -0.2) is 0 Å². The predicted molar refractivity (Wildman–Crippen MR) is 113 cm³/mol. The summed E-state index contributed by atoms with van der Waals surface area (Å²) in [4.78, 5) is 0. The highest BCUT2D eigenvalue weighted by molar-refractivity contribution is 7.75. The van der Waals surface area contributed by atoms with Crippen molar-refractivity contribution >= 4 is 18.5 Å². The lowest BCUT2D eigenvalue weighted by Gasteiger charge is -2.20. The Bertz CT molecular complexity index is 644. The molecular formula is C22H29O2P. The molecule has 0 radical (unpaired) electrons. The molecule has 0 spiro atoms. The molecule has 0 aliphatic carbocycles. The van der Waals surface area contributed by atoms with Gasteiger partial charge in [-0.05, 0) is 92.7 Å². The Labute approximate surface area is 153 Å². The summed E-state index contributed by atoms with van der Waals surface area (Å²) >= 11 is 0. The van der Waals surface area contributed by atoms with Crippen LogP contribution in [0.3, 0.4) is 0 Å². The van der Waals surface area contributed by atoms with Crippen LogP contribution in [0.4, 0.5) is 0 Å². The van der Waals surface area contributed by atoms with Gasteiger partial charge in [-0.2, -0.15) is 0 Å². The maximum Gasteiger partial charge on any atom is 0.124 e. The lowest BCUT2D eigenvalue weighted by Crippen LogP contribution is -2.13. The van der Waals surface area contributed by atoms with E-state index in [0.717, 1.165) is 11.5 Å². The molecule has 0 amide bonds. The molecule has 0 saturated carbocycles. The Morgan fingerprint density at radius 2 is 1.00 bits per heavy atom. The molecule has 0 heterocycles. The molecule has 0 aromatic heterocycles. The first-order valence-corrected chi connectivity index (χ1v) is 9.56. The summed E-state index contributed by atoms with van der Waals surface area (Å²) in [6.45, 7) is 18.5. The van der Waals surface area contributed by atoms with E-state index in [9.17, 15) is 0 Å². The molecule has 0 bridgehead atoms. The van der Waals surface area contributed by atoms with Gasteiger partial charge >= 0.3 is 0 Å². The van der Waals surface area contributed by atoms with Gasteiger partial charge in [0, 0.05) is 0 Å². The fraction of sp³-hybridized carbons (Fsp3) is 0.273. The number of methoxy groups -OCH3 is 2. The van der Waals surface area contributed by atoms with Crippen LogP contribution in [-0.4, -0.2) is 14.2 Å². The molecule has 0 fully saturated rings. The zero-order valence-electron chi connectivity index (χ0n) is 16.3. The highest BCUT2D eigenvalue weighted by Gasteiger charge is 2.16. The van der Waals surface area contributed by atoms with Crippen molar-refractivity contribution in [2.24, 2.45) is 0 Å². The van der Waals surface area contributed by atoms with Gasteiger partial charge in [0.2, 0.25) is 0 Å². The SMILES string of the molecule is C=C.C=CP(c1cc(C)c(OC)c(C)c1)c1cc(C)c(OC)c(C)c1. The first-order valence-electron chi connectivity index (χ1n) is 8.15. The van der Waals surface area contributed by atoms with E-state index in [2.05, 4.69) is 77.5 Å². The Hall–Kier alpha value is -2.05. The van der Waals surface area contributed by atoms with Gasteiger partial charge in [0.05, 0.1) is 14.2 Å². The van der Waals surface area contributed by atoms with Crippen molar-refractivity contribution in [3.8, 4) is 11.5 Å². The molecule has 25 heavy (non-hydrogen) atoms. The minimum atomic E-state index is -0.595. The fourth-order valence-electron chi connectivity index (χ4n) is 3.14. The minimum absolute atomic E-state index is 0.595. The maximum atomic E-state index is 5.48. The lowest BCUT2D eigenvalue weighted by atomic mass is 10.1. The Morgan fingerprint density at radius 1 is 0.720 bits per heavy atom. The third-order valence-corrected chi connectivity index (χ3v) is 6.03. The zero-order valence-corrected chi connectivity index (χ0v) is 17.2. The second-order valence-corrected chi connectivity index (χ2v) is 7.92. The minimum Gasteiger partial charge on any atom is -0.496 e. The molecule has 0 aliphatic heterocycles. The van der Waals surface area contributed by atoms with Crippen LogP contribution in [0.2, 0.25) is 0 Å². The second-order valence-electron chi connectivity index (χ2n) is 5.78. The highest BCUT2D eigenvalue weighted by atomic mass is 31.1. The maximum absolute atomic E-state index is 5.48. The number of ether oxygens (including phenoxy) is 2. The van der Waals surface area contributed by atoms with E-state index in [1.54, 1.807) is 14.2 Å². The average molecular weight is 356 g/mol. The topological polar surface area (TPSA) is 18.5 Å². The summed E-state index contributed by atoms with van der Waals surface area (Å²) < 4.78 is 11.0. The van der Waals surface area contributed by atoms with Crippen molar-refractivity contribution in [3.63, 3.8) is 0 Å². The van der Waals surface area contributed by atoms with Crippen LogP contribution < -0.4 is 20.1 Å². The summed E-state index contributed by atoms with van der Waals surface area (Å²) in [5, 5.41) is 2.60. The third-order valence-electron chi connectivity index (χ3n) is 4.04. The molecule has 2 rings (SSSR count). The van der Waals surface area contributed by atoms with Crippen molar-refractivity contribution in [2.75, 3.05) is 14.2 Å². The summed E-state index contributed by atoms with van der Waals surface area (Å²) in [7, 11) is 2.85. The van der Waals surface area contributed by atoms with Gasteiger partial charge in [0.25, 0.3) is 0 Å². The summed E-state index contributed by atoms with van der Waals surface area (Å²) in [5.74, 6) is 4.00. The van der Waals surface area contributed by atoms with Gasteiger partial charge in [-0.15, -0.1) is 13.2 Å². The third kappa shape index (κ3) is 4.52. The van der Waals surface area contributed by atoms with E-state index in [0.29, 0.717) is 0 Å². The van der Waals surface area contributed by atoms with Crippen molar-refractivity contribution in [1.29, 1.82) is 0 Å². The largest absolute Gasteiger partial charge is 0.496 e. The van der Waals surface area contributed by atoms with Crippen LogP contribution in [0.1, 0.15) is 22.3 Å². The molecule has 0 unspecified atom stereocenters. The molecule has 0 N–H and O–H groups in total. The molecule has 2 aromatic rings. The molecule has 3 heteroatoms. The molecule has 0 aliphatic rings. The number of benzene rings is 2. The van der Waals surface area contributed by atoms with Crippen LogP contribution in [-0.2, 0) is 0 Å². The smallest absolute Gasteiger partial charge is 0.124 e. The lowest BCUT2D eigenvalue weighted by molar-refractivity contribution is 0.408. The van der Waals surface area contributed by atoms with Crippen LogP contribution in [0.15, 0.2) is 49.8 Å². The predicted octanol–water partition coefficient (Wildman–Crippen LogP) is 5.32. The first-order chi connectivity index (χ1) is 11.9. The van der Waals surface area contributed by atoms with Crippen molar-refractivity contribution in [1.82, 2.24) is 0 Å². The number of hydrogen-bond donors (Lipinski definition) is 0. The first kappa shape index (κ1) is 21.0. The Balaban J connectivity index is 0.00000151. The Morgan fingerprint density at radius 3 is 1.20 bits per heavy atom. The molecule has 0 atom stereocenters. The van der Waals surface area contributed by atoms with E-state index in [1.807, 2.05) is 0 Å². The van der Waals surface area contributed by atoms with E-state index >= 15 is 0 Å². The standard InChI is InChI=1S/C20H25O2P.C2H4/c1-8-23(17-9-13(2)19(21-6)14(3)10-17)18-11-15(4)20(22-7)16(5)12-18;1-2/h8-12H,1H2,2-7H3;1-2H2. The molecule has 2 aromatic carbocycles. The fourth-order valence-corrected chi connectivity index (χ4v) is 5.19. The van der Waals surface area contributed by atoms with E-state index in [-0.39, 0.29) is 0 Å². The van der Waals surface area contributed by atoms with Gasteiger partial charge in [0.15, 0.2) is 0 Å². The second kappa shape index (κ2) is 9.44. The monoisotopic (exact) mass is 356 g/mol. The number of rotatable bonds is 5. The number of aryl methyl sites for hydroxylation is 4. The van der Waals surface area contributed by atoms with Crippen LogP contribution in [0.5, 0.6) is 11.5 Å². The Kier molecular flexibility index (Phi) is 7.93. The average Bonchev–Trinajstić information content (AvgIpc) is 2.57. The van der Waals surface area contributed by atoms with Gasteiger partial charge in [0.1, 0.15) is 11.5 Å². The molecule has 2 nitrogen and oxygen atoms in total. The quantitative estimate of drug-likeness (QED) is 0.533. The zero-order chi connectivity index (χ0) is 19.1. The van der Waals surface area contributed by atoms with Crippen molar-refractivity contribution in [3.05, 3.63) is 72.1 Å². The molecule has 134 valence electrons. The van der Waals surface area contributed by atoms with E-state index in [4.69, 9.17) is 9.47 Å². The van der Waals surface area contributed by atoms with Crippen LogP contribution in [0, 0.1) is 27.7 Å².